The first-order valence-electron chi connectivity index (χ1n) is 21.4. The number of hydrogen-bond donors (Lipinski definition) is 2. The topological polar surface area (TPSA) is 85.2 Å². The molecule has 3 aromatic rings. The Morgan fingerprint density at radius 2 is 1.43 bits per heavy atom. The molecule has 0 atom stereocenters. The van der Waals surface area contributed by atoms with Crippen molar-refractivity contribution in [1.29, 1.82) is 0 Å². The van der Waals surface area contributed by atoms with Crippen molar-refractivity contribution in [3.63, 3.8) is 0 Å². The molecule has 0 aromatic heterocycles. The van der Waals surface area contributed by atoms with E-state index < -0.39 is 11.4 Å². The molecule has 0 bridgehead atoms. The summed E-state index contributed by atoms with van der Waals surface area (Å²) in [5, 5.41) is 20.5. The van der Waals surface area contributed by atoms with E-state index in [1.54, 1.807) is 20.1 Å². The summed E-state index contributed by atoms with van der Waals surface area (Å²) in [5.41, 5.74) is 6.06. The zero-order valence-electron chi connectivity index (χ0n) is 34.8. The monoisotopic (exact) mass is 773 g/mol. The van der Waals surface area contributed by atoms with Gasteiger partial charge in [-0.2, -0.15) is 0 Å². The van der Waals surface area contributed by atoms with Gasteiger partial charge in [0.25, 0.3) is 0 Å². The molecule has 0 amide bonds. The van der Waals surface area contributed by atoms with Crippen LogP contribution in [-0.2, 0) is 27.1 Å². The van der Waals surface area contributed by atoms with Crippen LogP contribution < -0.4 is 4.74 Å². The minimum absolute atomic E-state index is 0.118. The van der Waals surface area contributed by atoms with Gasteiger partial charge in [0.2, 0.25) is 0 Å². The van der Waals surface area contributed by atoms with Gasteiger partial charge in [-0.05, 0) is 135 Å². The number of methoxy groups -OCH3 is 1. The third-order valence-electron chi connectivity index (χ3n) is 11.9. The van der Waals surface area contributed by atoms with Crippen molar-refractivity contribution >= 4 is 5.97 Å². The predicted molar refractivity (Wildman–Crippen MR) is 227 cm³/mol. The summed E-state index contributed by atoms with van der Waals surface area (Å²) in [4.78, 5) is 12.1. The Bertz CT molecular complexity index is 1640. The molecule has 1 aliphatic carbocycles. The quantitative estimate of drug-likeness (QED) is 0.0507. The van der Waals surface area contributed by atoms with Crippen molar-refractivity contribution in [1.82, 2.24) is 0 Å². The molecule has 3 aromatic carbocycles. The summed E-state index contributed by atoms with van der Waals surface area (Å²) in [6.45, 7) is 10.5. The van der Waals surface area contributed by atoms with Crippen molar-refractivity contribution < 1.29 is 33.6 Å². The van der Waals surface area contributed by atoms with E-state index in [0.29, 0.717) is 62.4 Å². The molecule has 1 aliphatic rings. The number of benzene rings is 3. The summed E-state index contributed by atoms with van der Waals surface area (Å²) in [5.74, 6) is 1.49. The maximum absolute atomic E-state index is 16.2. The van der Waals surface area contributed by atoms with E-state index >= 15 is 4.39 Å². The van der Waals surface area contributed by atoms with Crippen molar-refractivity contribution in [3.8, 4) is 28.0 Å². The zero-order valence-corrected chi connectivity index (χ0v) is 34.8. The van der Waals surface area contributed by atoms with Crippen molar-refractivity contribution in [2.45, 2.75) is 129 Å². The van der Waals surface area contributed by atoms with Crippen molar-refractivity contribution in [3.05, 3.63) is 89.3 Å². The molecule has 0 aliphatic heterocycles. The van der Waals surface area contributed by atoms with Gasteiger partial charge in [0.15, 0.2) is 0 Å². The number of ether oxygens (including phenoxy) is 3. The maximum Gasteiger partial charge on any atom is 0.333 e. The largest absolute Gasteiger partial charge is 0.493 e. The van der Waals surface area contributed by atoms with Gasteiger partial charge < -0.3 is 24.4 Å². The molecule has 7 heteroatoms. The predicted octanol–water partition coefficient (Wildman–Crippen LogP) is 11.6. The molecular weight excluding hydrogens is 704 g/mol. The number of rotatable bonds is 25. The fraction of sp³-hybridized carbons (Fsp3) is 0.571. The number of aliphatic hydroxyl groups is 2. The van der Waals surface area contributed by atoms with Crippen LogP contribution in [0.5, 0.6) is 5.75 Å². The Morgan fingerprint density at radius 3 is 2.02 bits per heavy atom. The fourth-order valence-corrected chi connectivity index (χ4v) is 8.18. The molecule has 0 spiro atoms. The second kappa shape index (κ2) is 23.6. The molecule has 2 N–H and O–H groups in total. The first-order chi connectivity index (χ1) is 27.2. The van der Waals surface area contributed by atoms with Crippen LogP contribution in [0.1, 0.15) is 133 Å². The fourth-order valence-electron chi connectivity index (χ4n) is 8.18. The van der Waals surface area contributed by atoms with E-state index in [1.807, 2.05) is 24.3 Å². The molecule has 56 heavy (non-hydrogen) atoms. The Balaban J connectivity index is 1.58. The molecule has 0 radical (unpaired) electrons. The number of aryl methyl sites for hydroxylation is 2. The number of aliphatic hydroxyl groups excluding tert-OH is 2. The van der Waals surface area contributed by atoms with Crippen molar-refractivity contribution in [2.24, 2.45) is 11.3 Å². The van der Waals surface area contributed by atoms with Gasteiger partial charge in [0.05, 0.1) is 26.4 Å². The highest BCUT2D eigenvalue weighted by Gasteiger charge is 2.29. The molecule has 0 unspecified atom stereocenters. The van der Waals surface area contributed by atoms with Crippen LogP contribution in [-0.4, -0.2) is 56.3 Å². The first kappa shape index (κ1) is 45.2. The number of carbonyl (C=O) groups is 1. The Labute approximate surface area is 336 Å². The highest BCUT2D eigenvalue weighted by Crippen LogP contribution is 2.40. The average Bonchev–Trinajstić information content (AvgIpc) is 3.21. The number of unbranched alkanes of at least 4 members (excludes halogenated alkanes) is 3. The Morgan fingerprint density at radius 1 is 0.786 bits per heavy atom. The molecule has 1 fully saturated rings. The lowest BCUT2D eigenvalue weighted by molar-refractivity contribution is -0.139. The van der Waals surface area contributed by atoms with Crippen LogP contribution in [0, 0.1) is 17.2 Å². The minimum Gasteiger partial charge on any atom is -0.493 e. The minimum atomic E-state index is -0.624. The van der Waals surface area contributed by atoms with E-state index in [2.05, 4.69) is 44.7 Å². The molecule has 308 valence electrons. The average molecular weight is 773 g/mol. The van der Waals surface area contributed by atoms with Gasteiger partial charge >= 0.3 is 5.97 Å². The lowest BCUT2D eigenvalue weighted by Gasteiger charge is -2.30. The van der Waals surface area contributed by atoms with Gasteiger partial charge in [0.1, 0.15) is 11.6 Å². The molecular formula is C49H69FO6. The van der Waals surface area contributed by atoms with Gasteiger partial charge in [-0.25, -0.2) is 9.18 Å². The highest BCUT2D eigenvalue weighted by atomic mass is 19.1. The van der Waals surface area contributed by atoms with E-state index in [4.69, 9.17) is 14.2 Å². The van der Waals surface area contributed by atoms with Crippen LogP contribution in [0.25, 0.3) is 22.3 Å². The Hall–Kier alpha value is -3.52. The molecule has 1 saturated carbocycles. The smallest absolute Gasteiger partial charge is 0.333 e. The second-order valence-electron chi connectivity index (χ2n) is 16.3. The van der Waals surface area contributed by atoms with Crippen LogP contribution in [0.15, 0.2) is 66.7 Å². The molecule has 0 saturated heterocycles. The maximum atomic E-state index is 16.2. The van der Waals surface area contributed by atoms with E-state index in [9.17, 15) is 15.0 Å². The van der Waals surface area contributed by atoms with Crippen LogP contribution >= 0.6 is 0 Å². The number of esters is 1. The summed E-state index contributed by atoms with van der Waals surface area (Å²) in [7, 11) is 1.68. The van der Waals surface area contributed by atoms with Gasteiger partial charge in [0, 0.05) is 30.3 Å². The van der Waals surface area contributed by atoms with Crippen LogP contribution in [0.4, 0.5) is 4.39 Å². The first-order valence-corrected chi connectivity index (χ1v) is 21.4. The van der Waals surface area contributed by atoms with Gasteiger partial charge in [-0.1, -0.05) is 95.3 Å². The second-order valence-corrected chi connectivity index (χ2v) is 16.3. The molecule has 4 rings (SSSR count). The zero-order chi connectivity index (χ0) is 40.3. The molecule has 0 heterocycles. The van der Waals surface area contributed by atoms with Crippen LogP contribution in [0.2, 0.25) is 0 Å². The summed E-state index contributed by atoms with van der Waals surface area (Å²) < 4.78 is 33.6. The SMILES string of the molecule is C=C(C)C(=O)OCCCc1cc(-c2ccc(-c3ccc(C4CCC(CCCCC)CC4)cc3)cc2F)cc(CCCOC)c1OCCC(CO)(CO)CCCC. The normalized spacial score (nSPS) is 15.8. The van der Waals surface area contributed by atoms with Crippen molar-refractivity contribution in [2.75, 3.05) is 40.1 Å². The van der Waals surface area contributed by atoms with E-state index in [1.165, 1.54) is 56.9 Å². The standard InChI is InChI=1S/C49H69FO6/c1-6-8-10-13-37-16-18-38(19-17-37)39-20-22-40(23-21-39)41-24-25-45(46(50)33-41)44-31-42(14-11-28-54-5)47(43(32-44)15-12-29-56-48(53)36(3)4)55-30-27-49(34-51,35-52)26-9-7-2/h20-25,31-33,37-38,51-52H,3,6-19,26-30,34-35H2,1-2,4-5H3. The summed E-state index contributed by atoms with van der Waals surface area (Å²) in [6.07, 6.45) is 16.1. The highest BCUT2D eigenvalue weighted by molar-refractivity contribution is 5.86. The van der Waals surface area contributed by atoms with E-state index in [-0.39, 0.29) is 25.6 Å². The summed E-state index contributed by atoms with van der Waals surface area (Å²) >= 11 is 0. The third kappa shape index (κ3) is 13.3. The number of carbonyl (C=O) groups excluding carboxylic acids is 1. The van der Waals surface area contributed by atoms with Gasteiger partial charge in [-0.3, -0.25) is 0 Å². The summed E-state index contributed by atoms with van der Waals surface area (Å²) in [6, 6.07) is 18.3. The lowest BCUT2D eigenvalue weighted by Crippen LogP contribution is -2.32. The molecule has 6 nitrogen and oxygen atoms in total. The number of halogens is 1. The lowest BCUT2D eigenvalue weighted by atomic mass is 9.77. The Kier molecular flexibility index (Phi) is 19.1. The van der Waals surface area contributed by atoms with Gasteiger partial charge in [-0.15, -0.1) is 0 Å². The number of hydrogen-bond acceptors (Lipinski definition) is 6. The third-order valence-corrected chi connectivity index (χ3v) is 11.9. The van der Waals surface area contributed by atoms with Crippen LogP contribution in [0.3, 0.4) is 0 Å². The van der Waals surface area contributed by atoms with E-state index in [0.717, 1.165) is 58.7 Å².